The molecule has 0 aliphatic carbocycles. The second kappa shape index (κ2) is 9.03. The van der Waals surface area contributed by atoms with E-state index >= 15 is 0 Å². The number of carboxylic acids is 1. The summed E-state index contributed by atoms with van der Waals surface area (Å²) in [6.45, 7) is 7.38. The van der Waals surface area contributed by atoms with Crippen molar-refractivity contribution in [2.45, 2.75) is 39.8 Å². The number of hydrogen-bond acceptors (Lipinski definition) is 3. The van der Waals surface area contributed by atoms with Crippen molar-refractivity contribution in [2.24, 2.45) is 0 Å². The van der Waals surface area contributed by atoms with Gasteiger partial charge in [0.1, 0.15) is 0 Å². The first-order valence-electron chi connectivity index (χ1n) is 8.96. The number of hydrogen-bond donors (Lipinski definition) is 4. The number of aryl methyl sites for hydroxylation is 1. The molecular weight excluding hydrogens is 358 g/mol. The molecule has 0 saturated carbocycles. The SMILES string of the molecule is Cc1cccc(C(NC(=O)c2cccc(NC(=O)NC(C)C)c2)C(=O)O)c1C. The molecule has 1 unspecified atom stereocenters. The molecule has 0 spiro atoms. The molecule has 1 atom stereocenters. The van der Waals surface area contributed by atoms with Crippen LogP contribution in [-0.4, -0.2) is 29.1 Å². The van der Waals surface area contributed by atoms with Gasteiger partial charge in [-0.15, -0.1) is 0 Å². The lowest BCUT2D eigenvalue weighted by atomic mass is 9.97. The fourth-order valence-electron chi connectivity index (χ4n) is 2.74. The molecule has 0 saturated heterocycles. The van der Waals surface area contributed by atoms with Crippen LogP contribution >= 0.6 is 0 Å². The fraction of sp³-hybridized carbons (Fsp3) is 0.286. The minimum absolute atomic E-state index is 0.0274. The molecule has 2 aromatic rings. The number of carboxylic acid groups (broad SMARTS) is 1. The molecule has 4 N–H and O–H groups in total. The van der Waals surface area contributed by atoms with E-state index in [1.54, 1.807) is 30.3 Å². The maximum absolute atomic E-state index is 12.6. The summed E-state index contributed by atoms with van der Waals surface area (Å²) in [6.07, 6.45) is 0. The molecule has 0 aromatic heterocycles. The molecular formula is C21H25N3O4. The summed E-state index contributed by atoms with van der Waals surface area (Å²) in [7, 11) is 0. The average molecular weight is 383 g/mol. The van der Waals surface area contributed by atoms with Crippen LogP contribution < -0.4 is 16.0 Å². The van der Waals surface area contributed by atoms with Gasteiger partial charge in [0.15, 0.2) is 6.04 Å². The maximum Gasteiger partial charge on any atom is 0.330 e. The topological polar surface area (TPSA) is 108 Å². The number of urea groups is 1. The monoisotopic (exact) mass is 383 g/mol. The first kappa shape index (κ1) is 21.0. The fourth-order valence-corrected chi connectivity index (χ4v) is 2.74. The Balaban J connectivity index is 2.20. The molecule has 0 fully saturated rings. The number of carbonyl (C=O) groups excluding carboxylic acids is 2. The van der Waals surface area contributed by atoms with Gasteiger partial charge in [-0.2, -0.15) is 0 Å². The zero-order valence-corrected chi connectivity index (χ0v) is 16.4. The van der Waals surface area contributed by atoms with E-state index in [1.165, 1.54) is 6.07 Å². The summed E-state index contributed by atoms with van der Waals surface area (Å²) in [5, 5.41) is 17.5. The van der Waals surface area contributed by atoms with E-state index < -0.39 is 17.9 Å². The number of amides is 3. The van der Waals surface area contributed by atoms with Crippen molar-refractivity contribution in [2.75, 3.05) is 5.32 Å². The van der Waals surface area contributed by atoms with Crippen LogP contribution in [0.5, 0.6) is 0 Å². The Morgan fingerprint density at radius 3 is 2.29 bits per heavy atom. The third kappa shape index (κ3) is 5.33. The van der Waals surface area contributed by atoms with Crippen molar-refractivity contribution in [3.8, 4) is 0 Å². The lowest BCUT2D eigenvalue weighted by Gasteiger charge is -2.18. The number of carbonyl (C=O) groups is 3. The van der Waals surface area contributed by atoms with Crippen LogP contribution in [-0.2, 0) is 4.79 Å². The highest BCUT2D eigenvalue weighted by atomic mass is 16.4. The zero-order chi connectivity index (χ0) is 20.8. The van der Waals surface area contributed by atoms with Crippen LogP contribution in [0.2, 0.25) is 0 Å². The van der Waals surface area contributed by atoms with Crippen molar-refractivity contribution < 1.29 is 19.5 Å². The number of anilines is 1. The molecule has 2 rings (SSSR count). The molecule has 3 amide bonds. The Labute approximate surface area is 164 Å². The number of nitrogens with one attached hydrogen (secondary N) is 3. The maximum atomic E-state index is 12.6. The van der Waals surface area contributed by atoms with E-state index in [-0.39, 0.29) is 17.6 Å². The number of rotatable bonds is 6. The van der Waals surface area contributed by atoms with Gasteiger partial charge in [0.2, 0.25) is 0 Å². The van der Waals surface area contributed by atoms with Crippen molar-refractivity contribution in [1.82, 2.24) is 10.6 Å². The van der Waals surface area contributed by atoms with E-state index in [9.17, 15) is 19.5 Å². The van der Waals surface area contributed by atoms with E-state index in [0.29, 0.717) is 11.3 Å². The minimum Gasteiger partial charge on any atom is -0.479 e. The summed E-state index contributed by atoms with van der Waals surface area (Å²) in [5.41, 5.74) is 2.98. The van der Waals surface area contributed by atoms with Gasteiger partial charge in [0, 0.05) is 17.3 Å². The molecule has 7 heteroatoms. The molecule has 0 aliphatic rings. The Bertz CT molecular complexity index is 893. The van der Waals surface area contributed by atoms with E-state index in [1.807, 2.05) is 33.8 Å². The Hall–Kier alpha value is -3.35. The van der Waals surface area contributed by atoms with Crippen LogP contribution in [0.15, 0.2) is 42.5 Å². The van der Waals surface area contributed by atoms with Crippen molar-refractivity contribution in [1.29, 1.82) is 0 Å². The lowest BCUT2D eigenvalue weighted by molar-refractivity contribution is -0.139. The minimum atomic E-state index is -1.17. The van der Waals surface area contributed by atoms with E-state index in [0.717, 1.165) is 11.1 Å². The predicted octanol–water partition coefficient (Wildman–Crippen LogP) is 3.39. The molecule has 148 valence electrons. The molecule has 7 nitrogen and oxygen atoms in total. The summed E-state index contributed by atoms with van der Waals surface area (Å²) >= 11 is 0. The highest BCUT2D eigenvalue weighted by Crippen LogP contribution is 2.22. The Morgan fingerprint density at radius 1 is 0.964 bits per heavy atom. The van der Waals surface area contributed by atoms with E-state index in [2.05, 4.69) is 16.0 Å². The van der Waals surface area contributed by atoms with Gasteiger partial charge >= 0.3 is 12.0 Å². The number of aliphatic carboxylic acids is 1. The smallest absolute Gasteiger partial charge is 0.330 e. The number of benzene rings is 2. The summed E-state index contributed by atoms with van der Waals surface area (Å²) in [6, 6.07) is 10.1. The third-order valence-corrected chi connectivity index (χ3v) is 4.28. The molecule has 2 aromatic carbocycles. The predicted molar refractivity (Wildman–Crippen MR) is 107 cm³/mol. The molecule has 0 aliphatic heterocycles. The standard InChI is InChI=1S/C21H25N3O4/c1-12(2)22-21(28)23-16-9-6-8-15(11-16)19(25)24-18(20(26)27)17-10-5-7-13(3)14(17)4/h5-12,18H,1-4H3,(H,24,25)(H,26,27)(H2,22,23,28). The Morgan fingerprint density at radius 2 is 1.64 bits per heavy atom. The second-order valence-corrected chi connectivity index (χ2v) is 6.87. The van der Waals surface area contributed by atoms with Crippen molar-refractivity contribution in [3.63, 3.8) is 0 Å². The summed E-state index contributed by atoms with van der Waals surface area (Å²) in [5.74, 6) is -1.69. The van der Waals surface area contributed by atoms with Crippen LogP contribution in [0.25, 0.3) is 0 Å². The van der Waals surface area contributed by atoms with Crippen molar-refractivity contribution in [3.05, 3.63) is 64.7 Å². The van der Waals surface area contributed by atoms with Gasteiger partial charge in [0.05, 0.1) is 0 Å². The quantitative estimate of drug-likeness (QED) is 0.613. The van der Waals surface area contributed by atoms with Crippen LogP contribution in [0, 0.1) is 13.8 Å². The average Bonchev–Trinajstić information content (AvgIpc) is 2.61. The summed E-state index contributed by atoms with van der Waals surface area (Å²) < 4.78 is 0. The first-order chi connectivity index (χ1) is 13.2. The van der Waals surface area contributed by atoms with Crippen LogP contribution in [0.1, 0.15) is 46.9 Å². The summed E-state index contributed by atoms with van der Waals surface area (Å²) in [4.78, 5) is 36.2. The molecule has 0 heterocycles. The van der Waals surface area contributed by atoms with Gasteiger partial charge < -0.3 is 21.1 Å². The highest BCUT2D eigenvalue weighted by molar-refractivity contribution is 5.98. The molecule has 28 heavy (non-hydrogen) atoms. The molecule has 0 radical (unpaired) electrons. The van der Waals surface area contributed by atoms with Gasteiger partial charge in [-0.3, -0.25) is 4.79 Å². The first-order valence-corrected chi connectivity index (χ1v) is 8.96. The lowest BCUT2D eigenvalue weighted by Crippen LogP contribution is -2.35. The normalized spacial score (nSPS) is 11.6. The third-order valence-electron chi connectivity index (χ3n) is 4.28. The van der Waals surface area contributed by atoms with Crippen molar-refractivity contribution >= 4 is 23.6 Å². The van der Waals surface area contributed by atoms with Crippen LogP contribution in [0.4, 0.5) is 10.5 Å². The second-order valence-electron chi connectivity index (χ2n) is 6.87. The van der Waals surface area contributed by atoms with Crippen LogP contribution in [0.3, 0.4) is 0 Å². The van der Waals surface area contributed by atoms with E-state index in [4.69, 9.17) is 0 Å². The molecule has 0 bridgehead atoms. The Kier molecular flexibility index (Phi) is 6.76. The van der Waals surface area contributed by atoms with Gasteiger partial charge in [-0.1, -0.05) is 24.3 Å². The largest absolute Gasteiger partial charge is 0.479 e. The zero-order valence-electron chi connectivity index (χ0n) is 16.4. The van der Waals surface area contributed by atoms with Gasteiger partial charge in [-0.25, -0.2) is 9.59 Å². The van der Waals surface area contributed by atoms with Gasteiger partial charge in [-0.05, 0) is 62.6 Å². The highest BCUT2D eigenvalue weighted by Gasteiger charge is 2.24. The van der Waals surface area contributed by atoms with Gasteiger partial charge in [0.25, 0.3) is 5.91 Å².